The van der Waals surface area contributed by atoms with E-state index in [1.54, 1.807) is 7.11 Å². The van der Waals surface area contributed by atoms with Crippen LogP contribution in [-0.4, -0.2) is 86.5 Å². The van der Waals surface area contributed by atoms with Gasteiger partial charge in [-0.05, 0) is 56.8 Å². The molecule has 0 aliphatic carbocycles. The highest BCUT2D eigenvalue weighted by Gasteiger charge is 2.41. The maximum Gasteiger partial charge on any atom is 0.318 e. The van der Waals surface area contributed by atoms with Gasteiger partial charge in [-0.25, -0.2) is 0 Å². The van der Waals surface area contributed by atoms with Gasteiger partial charge in [0, 0.05) is 67.4 Å². The summed E-state index contributed by atoms with van der Waals surface area (Å²) in [7, 11) is 3.99. The highest BCUT2D eigenvalue weighted by molar-refractivity contribution is 6.36. The summed E-state index contributed by atoms with van der Waals surface area (Å²) in [6, 6.07) is 14.4. The summed E-state index contributed by atoms with van der Waals surface area (Å²) in [5.74, 6) is 1.60. The van der Waals surface area contributed by atoms with E-state index in [0.29, 0.717) is 43.2 Å². The van der Waals surface area contributed by atoms with Crippen molar-refractivity contribution in [1.29, 1.82) is 0 Å². The number of fused-ring (bicyclic) bond motifs is 4. The molecule has 7 rings (SSSR count). The van der Waals surface area contributed by atoms with Gasteiger partial charge in [0.2, 0.25) is 0 Å². The second-order valence-electron chi connectivity index (χ2n) is 12.0. The molecule has 4 aliphatic heterocycles. The monoisotopic (exact) mass is 562 g/mol. The molecule has 3 aromatic rings. The number of ether oxygens (including phenoxy) is 2. The molecular formula is C31H39ClN6O2. The number of methoxy groups -OCH3 is 1. The Bertz CT molecular complexity index is 1380. The summed E-state index contributed by atoms with van der Waals surface area (Å²) in [4.78, 5) is 17.4. The lowest BCUT2D eigenvalue weighted by Gasteiger charge is -2.38. The van der Waals surface area contributed by atoms with Gasteiger partial charge in [0.05, 0.1) is 23.9 Å². The molecule has 3 saturated heterocycles. The van der Waals surface area contributed by atoms with Crippen LogP contribution in [0.15, 0.2) is 36.4 Å². The number of rotatable bonds is 7. The Morgan fingerprint density at radius 1 is 1.05 bits per heavy atom. The number of benzene rings is 2. The van der Waals surface area contributed by atoms with E-state index in [1.807, 2.05) is 12.1 Å². The van der Waals surface area contributed by atoms with E-state index in [4.69, 9.17) is 31.0 Å². The quantitative estimate of drug-likeness (QED) is 0.461. The molecule has 1 aromatic heterocycles. The van der Waals surface area contributed by atoms with Crippen molar-refractivity contribution in [2.75, 3.05) is 63.4 Å². The second kappa shape index (κ2) is 11.0. The van der Waals surface area contributed by atoms with Gasteiger partial charge in [0.1, 0.15) is 12.4 Å². The fraction of sp³-hybridized carbons (Fsp3) is 0.548. The molecule has 5 heterocycles. The molecule has 2 bridgehead atoms. The number of likely N-dealkylation sites (N-methyl/N-ethyl adjacent to an activating group) is 1. The minimum absolute atomic E-state index is 0.415. The molecule has 1 unspecified atom stereocenters. The smallest absolute Gasteiger partial charge is 0.318 e. The van der Waals surface area contributed by atoms with E-state index in [-0.39, 0.29) is 0 Å². The molecular weight excluding hydrogens is 524 g/mol. The Balaban J connectivity index is 1.22. The van der Waals surface area contributed by atoms with E-state index in [1.165, 1.54) is 12.0 Å². The molecule has 9 heteroatoms. The third kappa shape index (κ3) is 4.89. The fourth-order valence-corrected chi connectivity index (χ4v) is 7.61. The minimum Gasteiger partial charge on any atom is -0.462 e. The molecule has 4 aliphatic rings. The van der Waals surface area contributed by atoms with Crippen LogP contribution in [0.3, 0.4) is 0 Å². The van der Waals surface area contributed by atoms with Crippen LogP contribution in [0.4, 0.5) is 11.5 Å². The van der Waals surface area contributed by atoms with E-state index >= 15 is 0 Å². The van der Waals surface area contributed by atoms with Crippen LogP contribution in [0, 0.1) is 5.92 Å². The third-order valence-corrected chi connectivity index (χ3v) is 9.73. The standard InChI is InChI=1S/C31H39ClN6O2/c1-36-12-5-8-23(36)19-40-31-34-27-17-37(28-10-4-7-20-6-3-9-25(32)29(20)28)13-11-24(27)30(35-31)38-15-22-14-21(18-39-2)26(16-38)33-22/h3-4,6-7,9-10,21-23,26,33H,5,8,11-19H2,1-2H3/t21-,22-,23+,26?/m1/s1. The first kappa shape index (κ1) is 26.3. The number of hydrogen-bond donors (Lipinski definition) is 1. The van der Waals surface area contributed by atoms with Crippen LogP contribution >= 0.6 is 11.6 Å². The Kier molecular flexibility index (Phi) is 7.20. The largest absolute Gasteiger partial charge is 0.462 e. The van der Waals surface area contributed by atoms with Crippen LogP contribution in [0.25, 0.3) is 10.8 Å². The average molecular weight is 563 g/mol. The summed E-state index contributed by atoms with van der Waals surface area (Å²) in [6.07, 6.45) is 4.41. The number of hydrogen-bond acceptors (Lipinski definition) is 8. The van der Waals surface area contributed by atoms with Crippen LogP contribution in [0.1, 0.15) is 30.5 Å². The number of aromatic nitrogens is 2. The number of likely N-dealkylation sites (tertiary alicyclic amines) is 1. The van der Waals surface area contributed by atoms with Crippen molar-refractivity contribution in [2.24, 2.45) is 5.92 Å². The van der Waals surface area contributed by atoms with Crippen molar-refractivity contribution in [2.45, 2.75) is 50.4 Å². The number of anilines is 2. The summed E-state index contributed by atoms with van der Waals surface area (Å²) in [5.41, 5.74) is 3.48. The minimum atomic E-state index is 0.415. The molecule has 0 saturated carbocycles. The van der Waals surface area contributed by atoms with Gasteiger partial charge in [0.15, 0.2) is 0 Å². The van der Waals surface area contributed by atoms with Crippen LogP contribution in [0.2, 0.25) is 5.02 Å². The molecule has 0 amide bonds. The van der Waals surface area contributed by atoms with Crippen molar-refractivity contribution < 1.29 is 9.47 Å². The zero-order chi connectivity index (χ0) is 27.2. The maximum absolute atomic E-state index is 6.72. The summed E-state index contributed by atoms with van der Waals surface area (Å²) in [6.45, 7) is 6.04. The van der Waals surface area contributed by atoms with Crippen molar-refractivity contribution in [3.63, 3.8) is 0 Å². The van der Waals surface area contributed by atoms with E-state index in [2.05, 4.69) is 51.3 Å². The molecule has 0 spiro atoms. The van der Waals surface area contributed by atoms with E-state index < -0.39 is 0 Å². The van der Waals surface area contributed by atoms with Gasteiger partial charge in [-0.1, -0.05) is 35.9 Å². The predicted molar refractivity (Wildman–Crippen MR) is 160 cm³/mol. The molecule has 40 heavy (non-hydrogen) atoms. The molecule has 0 radical (unpaired) electrons. The summed E-state index contributed by atoms with van der Waals surface area (Å²) < 4.78 is 11.9. The van der Waals surface area contributed by atoms with Crippen molar-refractivity contribution in [1.82, 2.24) is 20.2 Å². The first-order valence-electron chi connectivity index (χ1n) is 14.7. The number of halogens is 1. The Morgan fingerprint density at radius 2 is 1.93 bits per heavy atom. The molecule has 3 fully saturated rings. The number of piperazine rings is 1. The van der Waals surface area contributed by atoms with Gasteiger partial charge >= 0.3 is 6.01 Å². The SMILES string of the molecule is COC[C@H]1C[C@@H]2CN(c3nc(OC[C@@H]4CCCN4C)nc4c3CCN(c3cccc5cccc(Cl)c35)C4)CC1N2. The normalized spacial score (nSPS) is 26.5. The fourth-order valence-electron chi connectivity index (χ4n) is 7.34. The molecule has 2 aromatic carbocycles. The molecule has 212 valence electrons. The first-order chi connectivity index (χ1) is 19.6. The lowest BCUT2D eigenvalue weighted by atomic mass is 10.0. The van der Waals surface area contributed by atoms with Crippen molar-refractivity contribution >= 4 is 33.9 Å². The number of nitrogens with zero attached hydrogens (tertiary/aromatic N) is 5. The molecule has 4 atom stereocenters. The van der Waals surface area contributed by atoms with E-state index in [0.717, 1.165) is 85.0 Å². The van der Waals surface area contributed by atoms with Gasteiger partial charge in [-0.2, -0.15) is 9.97 Å². The summed E-state index contributed by atoms with van der Waals surface area (Å²) in [5, 5.41) is 6.86. The molecule has 1 N–H and O–H groups in total. The topological polar surface area (TPSA) is 66.0 Å². The summed E-state index contributed by atoms with van der Waals surface area (Å²) >= 11 is 6.72. The lowest BCUT2D eigenvalue weighted by molar-refractivity contribution is 0.147. The lowest BCUT2D eigenvalue weighted by Crippen LogP contribution is -2.53. The maximum atomic E-state index is 6.72. The Hall–Kier alpha value is -2.65. The highest BCUT2D eigenvalue weighted by atomic mass is 35.5. The van der Waals surface area contributed by atoms with Gasteiger partial charge in [0.25, 0.3) is 0 Å². The van der Waals surface area contributed by atoms with Gasteiger partial charge in [-0.15, -0.1) is 0 Å². The van der Waals surface area contributed by atoms with Crippen molar-refractivity contribution in [3.8, 4) is 6.01 Å². The second-order valence-corrected chi connectivity index (χ2v) is 12.4. The predicted octanol–water partition coefficient (Wildman–Crippen LogP) is 4.13. The first-order valence-corrected chi connectivity index (χ1v) is 15.1. The molecule has 8 nitrogen and oxygen atoms in total. The van der Waals surface area contributed by atoms with Crippen LogP contribution in [-0.2, 0) is 17.7 Å². The Morgan fingerprint density at radius 3 is 2.75 bits per heavy atom. The highest BCUT2D eigenvalue weighted by Crippen LogP contribution is 2.38. The average Bonchev–Trinajstić information content (AvgIpc) is 3.51. The van der Waals surface area contributed by atoms with Gasteiger partial charge in [-0.3, -0.25) is 0 Å². The Labute approximate surface area is 241 Å². The van der Waals surface area contributed by atoms with E-state index in [9.17, 15) is 0 Å². The van der Waals surface area contributed by atoms with Crippen LogP contribution < -0.4 is 19.9 Å². The third-order valence-electron chi connectivity index (χ3n) is 9.42. The zero-order valence-corrected chi connectivity index (χ0v) is 24.2. The zero-order valence-electron chi connectivity index (χ0n) is 23.5. The van der Waals surface area contributed by atoms with Gasteiger partial charge < -0.3 is 29.5 Å². The number of nitrogens with one attached hydrogen (secondary N) is 1. The van der Waals surface area contributed by atoms with Crippen molar-refractivity contribution in [3.05, 3.63) is 52.7 Å². The van der Waals surface area contributed by atoms with Crippen LogP contribution in [0.5, 0.6) is 6.01 Å².